The Morgan fingerprint density at radius 3 is 2.74 bits per heavy atom. The summed E-state index contributed by atoms with van der Waals surface area (Å²) in [5.41, 5.74) is 0.837. The van der Waals surface area contributed by atoms with Gasteiger partial charge in [0.2, 0.25) is 15.9 Å². The summed E-state index contributed by atoms with van der Waals surface area (Å²) < 4.78 is 25.5. The highest BCUT2D eigenvalue weighted by atomic mass is 35.5. The Morgan fingerprint density at radius 2 is 2.09 bits per heavy atom. The van der Waals surface area contributed by atoms with E-state index in [4.69, 9.17) is 11.6 Å². The Bertz CT molecular complexity index is 782. The molecule has 0 fully saturated rings. The van der Waals surface area contributed by atoms with Crippen molar-refractivity contribution in [2.24, 2.45) is 0 Å². The first-order valence-electron chi connectivity index (χ1n) is 6.77. The predicted molar refractivity (Wildman–Crippen MR) is 87.4 cm³/mol. The van der Waals surface area contributed by atoms with Crippen LogP contribution >= 0.6 is 11.6 Å². The minimum Gasteiger partial charge on any atom is -0.351 e. The van der Waals surface area contributed by atoms with E-state index in [0.29, 0.717) is 5.02 Å². The van der Waals surface area contributed by atoms with Gasteiger partial charge in [0.05, 0.1) is 6.54 Å². The van der Waals surface area contributed by atoms with E-state index >= 15 is 0 Å². The van der Waals surface area contributed by atoms with Crippen LogP contribution in [-0.2, 0) is 21.4 Å². The molecule has 122 valence electrons. The molecule has 23 heavy (non-hydrogen) atoms. The lowest BCUT2D eigenvalue weighted by Gasteiger charge is -2.16. The zero-order chi connectivity index (χ0) is 16.9. The summed E-state index contributed by atoms with van der Waals surface area (Å²) in [5.74, 6) is -0.403. The van der Waals surface area contributed by atoms with E-state index in [9.17, 15) is 13.2 Å². The van der Waals surface area contributed by atoms with E-state index in [0.717, 1.165) is 9.87 Å². The van der Waals surface area contributed by atoms with Crippen molar-refractivity contribution in [3.8, 4) is 0 Å². The molecule has 0 saturated heterocycles. The number of nitrogens with zero attached hydrogens (tertiary/aromatic N) is 2. The molecule has 8 heteroatoms. The zero-order valence-electron chi connectivity index (χ0n) is 12.4. The molecule has 1 aromatic heterocycles. The highest BCUT2D eigenvalue weighted by Gasteiger charge is 2.22. The summed E-state index contributed by atoms with van der Waals surface area (Å²) in [7, 11) is -2.39. The second-order valence-corrected chi connectivity index (χ2v) is 7.34. The first-order chi connectivity index (χ1) is 10.9. The van der Waals surface area contributed by atoms with Crippen LogP contribution in [0.15, 0.2) is 53.7 Å². The molecule has 1 aromatic carbocycles. The van der Waals surface area contributed by atoms with E-state index in [2.05, 4.69) is 10.3 Å². The second kappa shape index (κ2) is 7.54. The summed E-state index contributed by atoms with van der Waals surface area (Å²) >= 11 is 5.87. The van der Waals surface area contributed by atoms with Crippen LogP contribution in [-0.4, -0.2) is 37.2 Å². The van der Waals surface area contributed by atoms with Crippen molar-refractivity contribution >= 4 is 27.5 Å². The minimum absolute atomic E-state index is 0.0464. The molecule has 6 nitrogen and oxygen atoms in total. The smallest absolute Gasteiger partial charge is 0.244 e. The third-order valence-corrected chi connectivity index (χ3v) is 5.11. The molecule has 0 unspecified atom stereocenters. The average Bonchev–Trinajstić information content (AvgIpc) is 2.54. The molecule has 2 rings (SSSR count). The topological polar surface area (TPSA) is 79.4 Å². The zero-order valence-corrected chi connectivity index (χ0v) is 14.0. The lowest BCUT2D eigenvalue weighted by atomic mass is 10.2. The van der Waals surface area contributed by atoms with Gasteiger partial charge in [0.25, 0.3) is 0 Å². The number of likely N-dealkylation sites (N-methyl/N-ethyl adjacent to an activating group) is 1. The third kappa shape index (κ3) is 4.75. The Kier molecular flexibility index (Phi) is 5.70. The lowest BCUT2D eigenvalue weighted by molar-refractivity contribution is -0.121. The van der Waals surface area contributed by atoms with Crippen LogP contribution in [0.2, 0.25) is 5.02 Å². The number of amides is 1. The van der Waals surface area contributed by atoms with Crippen molar-refractivity contribution in [3.63, 3.8) is 0 Å². The number of pyridine rings is 1. The maximum atomic E-state index is 12.3. The highest BCUT2D eigenvalue weighted by molar-refractivity contribution is 7.89. The molecule has 0 saturated carbocycles. The standard InChI is InChI=1S/C15H16ClN3O3S/c1-19(23(21,22)14-6-3-7-17-10-14)11-15(20)18-9-12-4-2-5-13(16)8-12/h2-8,10H,9,11H2,1H3,(H,18,20). The fourth-order valence-electron chi connectivity index (χ4n) is 1.87. The first kappa shape index (κ1) is 17.4. The molecule has 0 aliphatic carbocycles. The maximum absolute atomic E-state index is 12.3. The number of sulfonamides is 1. The van der Waals surface area contributed by atoms with Crippen LogP contribution < -0.4 is 5.32 Å². The molecule has 0 atom stereocenters. The fourth-order valence-corrected chi connectivity index (χ4v) is 3.17. The van der Waals surface area contributed by atoms with Crippen molar-refractivity contribution in [3.05, 3.63) is 59.4 Å². The van der Waals surface area contributed by atoms with Crippen LogP contribution in [0.3, 0.4) is 0 Å². The molecular weight excluding hydrogens is 338 g/mol. The molecule has 1 amide bonds. The van der Waals surface area contributed by atoms with Crippen molar-refractivity contribution < 1.29 is 13.2 Å². The van der Waals surface area contributed by atoms with Crippen molar-refractivity contribution in [2.45, 2.75) is 11.4 Å². The van der Waals surface area contributed by atoms with Crippen molar-refractivity contribution in [2.75, 3.05) is 13.6 Å². The van der Waals surface area contributed by atoms with Crippen LogP contribution in [0.1, 0.15) is 5.56 Å². The number of nitrogens with one attached hydrogen (secondary N) is 1. The molecule has 2 aromatic rings. The molecule has 0 bridgehead atoms. The largest absolute Gasteiger partial charge is 0.351 e. The van der Waals surface area contributed by atoms with Crippen LogP contribution in [0.25, 0.3) is 0 Å². The predicted octanol–water partition coefficient (Wildman–Crippen LogP) is 1.67. The van der Waals surface area contributed by atoms with Crippen molar-refractivity contribution in [1.29, 1.82) is 0 Å². The third-order valence-electron chi connectivity index (χ3n) is 3.09. The minimum atomic E-state index is -3.73. The van der Waals surface area contributed by atoms with Crippen molar-refractivity contribution in [1.82, 2.24) is 14.6 Å². The van der Waals surface area contributed by atoms with Gasteiger partial charge in [0.15, 0.2) is 0 Å². The summed E-state index contributed by atoms with van der Waals surface area (Å²) in [6.45, 7) is -0.00202. The van der Waals surface area contributed by atoms with E-state index < -0.39 is 15.9 Å². The molecule has 0 aliphatic heterocycles. The van der Waals surface area contributed by atoms with Gasteiger partial charge in [-0.05, 0) is 29.8 Å². The van der Waals surface area contributed by atoms with E-state index in [1.165, 1.54) is 31.6 Å². The maximum Gasteiger partial charge on any atom is 0.244 e. The number of rotatable bonds is 6. The number of carbonyl (C=O) groups is 1. The highest BCUT2D eigenvalue weighted by Crippen LogP contribution is 2.12. The van der Waals surface area contributed by atoms with Crippen LogP contribution in [0.5, 0.6) is 0 Å². The van der Waals surface area contributed by atoms with Gasteiger partial charge in [-0.25, -0.2) is 8.42 Å². The summed E-state index contributed by atoms with van der Waals surface area (Å²) in [5, 5.41) is 3.24. The summed E-state index contributed by atoms with van der Waals surface area (Å²) in [6, 6.07) is 10.0. The molecule has 0 aliphatic rings. The Morgan fingerprint density at radius 1 is 1.30 bits per heavy atom. The van der Waals surface area contributed by atoms with E-state index in [-0.39, 0.29) is 18.0 Å². The van der Waals surface area contributed by atoms with Gasteiger partial charge in [0, 0.05) is 31.0 Å². The Hall–Kier alpha value is -1.96. The SMILES string of the molecule is CN(CC(=O)NCc1cccc(Cl)c1)S(=O)(=O)c1cccnc1. The fraction of sp³-hybridized carbons (Fsp3) is 0.200. The first-order valence-corrected chi connectivity index (χ1v) is 8.59. The Labute approximate surface area is 140 Å². The molecular formula is C15H16ClN3O3S. The normalized spacial score (nSPS) is 11.4. The molecule has 1 heterocycles. The number of hydrogen-bond donors (Lipinski definition) is 1. The summed E-state index contributed by atoms with van der Waals surface area (Å²) in [6.07, 6.45) is 2.73. The summed E-state index contributed by atoms with van der Waals surface area (Å²) in [4.78, 5) is 15.7. The van der Waals surface area contributed by atoms with Gasteiger partial charge >= 0.3 is 0 Å². The number of hydrogen-bond acceptors (Lipinski definition) is 4. The molecule has 0 spiro atoms. The molecule has 0 radical (unpaired) electrons. The molecule has 1 N–H and O–H groups in total. The lowest BCUT2D eigenvalue weighted by Crippen LogP contribution is -2.38. The average molecular weight is 354 g/mol. The number of carbonyl (C=O) groups excluding carboxylic acids is 1. The quantitative estimate of drug-likeness (QED) is 0.856. The van der Waals surface area contributed by atoms with Gasteiger partial charge in [-0.2, -0.15) is 4.31 Å². The van der Waals surface area contributed by atoms with Crippen LogP contribution in [0, 0.1) is 0 Å². The van der Waals surface area contributed by atoms with Gasteiger partial charge in [-0.3, -0.25) is 9.78 Å². The van der Waals surface area contributed by atoms with E-state index in [1.54, 1.807) is 18.2 Å². The number of aromatic nitrogens is 1. The number of benzene rings is 1. The van der Waals surface area contributed by atoms with Crippen LogP contribution in [0.4, 0.5) is 0 Å². The second-order valence-electron chi connectivity index (χ2n) is 4.86. The van der Waals surface area contributed by atoms with Gasteiger partial charge in [-0.1, -0.05) is 23.7 Å². The number of halogens is 1. The Balaban J connectivity index is 1.94. The van der Waals surface area contributed by atoms with E-state index in [1.807, 2.05) is 6.07 Å². The monoisotopic (exact) mass is 353 g/mol. The van der Waals surface area contributed by atoms with Gasteiger partial charge in [0.1, 0.15) is 4.90 Å². The van der Waals surface area contributed by atoms with Gasteiger partial charge in [-0.15, -0.1) is 0 Å². The van der Waals surface area contributed by atoms with Gasteiger partial charge < -0.3 is 5.32 Å².